The van der Waals surface area contributed by atoms with Crippen LogP contribution < -0.4 is 11.1 Å². The maximum Gasteiger partial charge on any atom is 0.234 e. The lowest BCUT2D eigenvalue weighted by Crippen LogP contribution is -2.33. The highest BCUT2D eigenvalue weighted by molar-refractivity contribution is 7.80. The molecule has 0 heterocycles. The van der Waals surface area contributed by atoms with E-state index in [1.807, 2.05) is 26.0 Å². The Morgan fingerprint density at radius 2 is 2.22 bits per heavy atom. The van der Waals surface area contributed by atoms with Crippen LogP contribution in [0.15, 0.2) is 18.2 Å². The van der Waals surface area contributed by atoms with Crippen LogP contribution in [-0.2, 0) is 4.79 Å². The van der Waals surface area contributed by atoms with Crippen molar-refractivity contribution in [2.45, 2.75) is 26.7 Å². The topological polar surface area (TPSA) is 55.1 Å². The number of hydrogen-bond donors (Lipinski definition) is 2. The second-order valence-corrected chi connectivity index (χ2v) is 5.04. The van der Waals surface area contributed by atoms with Crippen molar-refractivity contribution in [3.05, 3.63) is 28.8 Å². The van der Waals surface area contributed by atoms with E-state index in [4.69, 9.17) is 29.6 Å². The van der Waals surface area contributed by atoms with Crippen LogP contribution in [0.2, 0.25) is 5.02 Å². The molecule has 5 heteroatoms. The minimum Gasteiger partial charge on any atom is -0.393 e. The van der Waals surface area contributed by atoms with Crippen LogP contribution in [0.5, 0.6) is 0 Å². The molecule has 3 nitrogen and oxygen atoms in total. The summed E-state index contributed by atoms with van der Waals surface area (Å²) in [5, 5.41) is 3.32. The quantitative estimate of drug-likeness (QED) is 0.816. The highest BCUT2D eigenvalue weighted by atomic mass is 35.5. The molecule has 0 aliphatic rings. The van der Waals surface area contributed by atoms with Gasteiger partial charge in [-0.15, -0.1) is 0 Å². The average molecular weight is 285 g/mol. The molecule has 0 saturated heterocycles. The average Bonchev–Trinajstić information content (AvgIpc) is 2.30. The fourth-order valence-corrected chi connectivity index (χ4v) is 2.19. The standard InChI is InChI=1S/C13H17ClN2OS/c1-3-5-9(12(15)18)13(17)16-11-8(2)6-4-7-10(11)14/h4,6-7,9H,3,5H2,1-2H3,(H2,15,18)(H,16,17). The van der Waals surface area contributed by atoms with Gasteiger partial charge in [0.05, 0.1) is 21.6 Å². The van der Waals surface area contributed by atoms with Crippen molar-refractivity contribution in [1.82, 2.24) is 0 Å². The molecular formula is C13H17ClN2OS. The largest absolute Gasteiger partial charge is 0.393 e. The van der Waals surface area contributed by atoms with Crippen molar-refractivity contribution in [3.8, 4) is 0 Å². The first-order chi connectivity index (χ1) is 8.47. The van der Waals surface area contributed by atoms with Gasteiger partial charge in [-0.2, -0.15) is 0 Å². The molecule has 0 aliphatic heterocycles. The predicted octanol–water partition coefficient (Wildman–Crippen LogP) is 3.29. The van der Waals surface area contributed by atoms with E-state index in [1.54, 1.807) is 6.07 Å². The fraction of sp³-hybridized carbons (Fsp3) is 0.385. The summed E-state index contributed by atoms with van der Waals surface area (Å²) in [4.78, 5) is 12.3. The molecule has 0 aromatic heterocycles. The van der Waals surface area contributed by atoms with Crippen molar-refractivity contribution in [3.63, 3.8) is 0 Å². The summed E-state index contributed by atoms with van der Waals surface area (Å²) in [6.07, 6.45) is 1.49. The van der Waals surface area contributed by atoms with E-state index in [0.717, 1.165) is 12.0 Å². The Hall–Kier alpha value is -1.13. The number of nitrogens with one attached hydrogen (secondary N) is 1. The van der Waals surface area contributed by atoms with Crippen LogP contribution in [0.4, 0.5) is 5.69 Å². The van der Waals surface area contributed by atoms with E-state index in [0.29, 0.717) is 17.1 Å². The summed E-state index contributed by atoms with van der Waals surface area (Å²) in [7, 11) is 0. The van der Waals surface area contributed by atoms with Gasteiger partial charge in [0.25, 0.3) is 0 Å². The third-order valence-corrected chi connectivity index (χ3v) is 3.31. The van der Waals surface area contributed by atoms with Gasteiger partial charge < -0.3 is 11.1 Å². The number of aryl methyl sites for hydroxylation is 1. The van der Waals surface area contributed by atoms with Gasteiger partial charge in [-0.3, -0.25) is 4.79 Å². The summed E-state index contributed by atoms with van der Waals surface area (Å²) in [5.74, 6) is -0.638. The molecule has 1 atom stereocenters. The van der Waals surface area contributed by atoms with Crippen molar-refractivity contribution in [1.29, 1.82) is 0 Å². The van der Waals surface area contributed by atoms with Crippen molar-refractivity contribution < 1.29 is 4.79 Å². The molecule has 1 unspecified atom stereocenters. The third kappa shape index (κ3) is 3.68. The number of amides is 1. The Balaban J connectivity index is 2.89. The van der Waals surface area contributed by atoms with Crippen LogP contribution in [-0.4, -0.2) is 10.9 Å². The third-order valence-electron chi connectivity index (χ3n) is 2.71. The summed E-state index contributed by atoms with van der Waals surface area (Å²) in [6.45, 7) is 3.87. The highest BCUT2D eigenvalue weighted by Gasteiger charge is 2.21. The summed E-state index contributed by atoms with van der Waals surface area (Å²) in [6, 6.07) is 5.46. The SMILES string of the molecule is CCCC(C(=O)Nc1c(C)cccc1Cl)C(N)=S. The van der Waals surface area contributed by atoms with Gasteiger partial charge in [-0.1, -0.05) is 49.3 Å². The summed E-state index contributed by atoms with van der Waals surface area (Å²) in [5.41, 5.74) is 7.13. The van der Waals surface area contributed by atoms with Gasteiger partial charge in [-0.05, 0) is 25.0 Å². The van der Waals surface area contributed by atoms with Gasteiger partial charge in [0.15, 0.2) is 0 Å². The lowest BCUT2D eigenvalue weighted by atomic mass is 10.0. The molecule has 1 aromatic rings. The molecule has 0 bridgehead atoms. The zero-order valence-corrected chi connectivity index (χ0v) is 12.1. The number of para-hydroxylation sites is 1. The zero-order chi connectivity index (χ0) is 13.7. The van der Waals surface area contributed by atoms with E-state index in [9.17, 15) is 4.79 Å². The number of anilines is 1. The van der Waals surface area contributed by atoms with E-state index in [2.05, 4.69) is 5.32 Å². The number of carbonyl (C=O) groups is 1. The van der Waals surface area contributed by atoms with Crippen molar-refractivity contribution in [2.24, 2.45) is 11.7 Å². The predicted molar refractivity (Wildman–Crippen MR) is 80.0 cm³/mol. The maximum absolute atomic E-state index is 12.1. The number of carbonyl (C=O) groups excluding carboxylic acids is 1. The van der Waals surface area contributed by atoms with Gasteiger partial charge in [0.2, 0.25) is 5.91 Å². The van der Waals surface area contributed by atoms with Crippen LogP contribution in [0, 0.1) is 12.8 Å². The molecule has 98 valence electrons. The number of thiocarbonyl (C=S) groups is 1. The van der Waals surface area contributed by atoms with Crippen LogP contribution in [0.1, 0.15) is 25.3 Å². The second-order valence-electron chi connectivity index (χ2n) is 4.16. The monoisotopic (exact) mass is 284 g/mol. The molecule has 0 radical (unpaired) electrons. The van der Waals surface area contributed by atoms with E-state index in [1.165, 1.54) is 0 Å². The normalized spacial score (nSPS) is 11.9. The van der Waals surface area contributed by atoms with Crippen molar-refractivity contribution in [2.75, 3.05) is 5.32 Å². The van der Waals surface area contributed by atoms with Gasteiger partial charge >= 0.3 is 0 Å². The van der Waals surface area contributed by atoms with Crippen LogP contribution in [0.3, 0.4) is 0 Å². The first-order valence-corrected chi connectivity index (χ1v) is 6.61. The van der Waals surface area contributed by atoms with Crippen LogP contribution >= 0.6 is 23.8 Å². The Labute approximate surface area is 118 Å². The van der Waals surface area contributed by atoms with E-state index >= 15 is 0 Å². The Morgan fingerprint density at radius 3 is 2.72 bits per heavy atom. The van der Waals surface area contributed by atoms with Crippen LogP contribution in [0.25, 0.3) is 0 Å². The molecule has 1 aromatic carbocycles. The lowest BCUT2D eigenvalue weighted by Gasteiger charge is -2.16. The zero-order valence-electron chi connectivity index (χ0n) is 10.5. The molecule has 0 aliphatic carbocycles. The smallest absolute Gasteiger partial charge is 0.234 e. The van der Waals surface area contributed by atoms with E-state index in [-0.39, 0.29) is 10.9 Å². The maximum atomic E-state index is 12.1. The number of halogens is 1. The molecule has 0 saturated carbocycles. The second kappa shape index (κ2) is 6.71. The molecule has 0 fully saturated rings. The van der Waals surface area contributed by atoms with Gasteiger partial charge in [0, 0.05) is 0 Å². The molecule has 3 N–H and O–H groups in total. The first kappa shape index (κ1) is 14.9. The molecule has 1 amide bonds. The minimum absolute atomic E-state index is 0.194. The number of hydrogen-bond acceptors (Lipinski definition) is 2. The van der Waals surface area contributed by atoms with Gasteiger partial charge in [0.1, 0.15) is 0 Å². The van der Waals surface area contributed by atoms with Gasteiger partial charge in [-0.25, -0.2) is 0 Å². The van der Waals surface area contributed by atoms with E-state index < -0.39 is 5.92 Å². The Bertz CT molecular complexity index is 442. The molecule has 1 rings (SSSR count). The summed E-state index contributed by atoms with van der Waals surface area (Å²) < 4.78 is 0. The number of rotatable bonds is 5. The molecule has 18 heavy (non-hydrogen) atoms. The number of nitrogens with two attached hydrogens (primary N) is 1. The molecular weight excluding hydrogens is 268 g/mol. The molecule has 0 spiro atoms. The Kier molecular flexibility index (Phi) is 5.56. The summed E-state index contributed by atoms with van der Waals surface area (Å²) >= 11 is 11.0. The minimum atomic E-state index is -0.444. The highest BCUT2D eigenvalue weighted by Crippen LogP contribution is 2.26. The first-order valence-electron chi connectivity index (χ1n) is 5.82. The number of benzene rings is 1. The van der Waals surface area contributed by atoms with Crippen molar-refractivity contribution >= 4 is 40.4 Å². The lowest BCUT2D eigenvalue weighted by molar-refractivity contribution is -0.118. The Morgan fingerprint density at radius 1 is 1.56 bits per heavy atom. The fourth-order valence-electron chi connectivity index (χ4n) is 1.69.